The summed E-state index contributed by atoms with van der Waals surface area (Å²) in [6.07, 6.45) is 2.72. The van der Waals surface area contributed by atoms with Crippen molar-refractivity contribution in [2.24, 2.45) is 11.8 Å². The molecule has 3 heterocycles. The van der Waals surface area contributed by atoms with Gasteiger partial charge in [0.2, 0.25) is 5.91 Å². The molecule has 2 saturated heterocycles. The molecule has 0 bridgehead atoms. The summed E-state index contributed by atoms with van der Waals surface area (Å²) >= 11 is 0. The molecule has 2 aliphatic heterocycles. The number of benzene rings is 1. The number of nitrogens with zero attached hydrogens (tertiary/aromatic N) is 2. The molecule has 24 heavy (non-hydrogen) atoms. The summed E-state index contributed by atoms with van der Waals surface area (Å²) in [5, 5.41) is 7.21. The van der Waals surface area contributed by atoms with Gasteiger partial charge >= 0.3 is 0 Å². The number of aromatic nitrogens is 1. The van der Waals surface area contributed by atoms with E-state index in [0.717, 1.165) is 25.4 Å². The van der Waals surface area contributed by atoms with Crippen LogP contribution in [0.5, 0.6) is 0 Å². The van der Waals surface area contributed by atoms with Crippen molar-refractivity contribution in [3.63, 3.8) is 0 Å². The highest BCUT2D eigenvalue weighted by atomic mass is 16.5. The standard InChI is InChI=1S/C19H23N3O2/c1-13-4-2-3-5-16(13)19-17-11-20-10-14(17)12-22(19)18(23)7-6-15-8-9-21-24-15/h2-5,8-9,14,17,19-20H,6-7,10-12H2,1H3/t14-,17-,19+/m0/s1. The summed E-state index contributed by atoms with van der Waals surface area (Å²) < 4.78 is 5.12. The van der Waals surface area contributed by atoms with Crippen LogP contribution in [0.25, 0.3) is 0 Å². The van der Waals surface area contributed by atoms with Crippen LogP contribution in [0.3, 0.4) is 0 Å². The van der Waals surface area contributed by atoms with Crippen molar-refractivity contribution < 1.29 is 9.32 Å². The van der Waals surface area contributed by atoms with Crippen LogP contribution in [0.4, 0.5) is 0 Å². The summed E-state index contributed by atoms with van der Waals surface area (Å²) in [6, 6.07) is 10.5. The number of hydrogen-bond donors (Lipinski definition) is 1. The minimum absolute atomic E-state index is 0.188. The molecule has 3 atom stereocenters. The Hall–Kier alpha value is -2.14. The quantitative estimate of drug-likeness (QED) is 0.937. The van der Waals surface area contributed by atoms with Gasteiger partial charge in [0, 0.05) is 44.5 Å². The van der Waals surface area contributed by atoms with Crippen molar-refractivity contribution >= 4 is 5.91 Å². The van der Waals surface area contributed by atoms with Crippen LogP contribution in [0.15, 0.2) is 41.1 Å². The molecule has 1 aromatic carbocycles. The van der Waals surface area contributed by atoms with Crippen LogP contribution >= 0.6 is 0 Å². The Morgan fingerprint density at radius 2 is 2.21 bits per heavy atom. The number of aryl methyl sites for hydroxylation is 2. The lowest BCUT2D eigenvalue weighted by Gasteiger charge is -2.29. The largest absolute Gasteiger partial charge is 0.361 e. The van der Waals surface area contributed by atoms with E-state index in [1.807, 2.05) is 6.07 Å². The Morgan fingerprint density at radius 3 is 3.00 bits per heavy atom. The monoisotopic (exact) mass is 325 g/mol. The molecule has 4 rings (SSSR count). The van der Waals surface area contributed by atoms with E-state index in [2.05, 4.69) is 46.6 Å². The Labute approximate surface area is 142 Å². The molecule has 5 heteroatoms. The zero-order valence-corrected chi connectivity index (χ0v) is 13.9. The van der Waals surface area contributed by atoms with Crippen LogP contribution in [-0.4, -0.2) is 35.6 Å². The van der Waals surface area contributed by atoms with Gasteiger partial charge in [-0.1, -0.05) is 29.4 Å². The minimum Gasteiger partial charge on any atom is -0.361 e. The second-order valence-electron chi connectivity index (χ2n) is 6.91. The number of likely N-dealkylation sites (tertiary alicyclic amines) is 1. The normalized spacial score (nSPS) is 25.9. The Bertz CT molecular complexity index is 713. The summed E-state index contributed by atoms with van der Waals surface area (Å²) in [7, 11) is 0. The summed E-state index contributed by atoms with van der Waals surface area (Å²) in [5.41, 5.74) is 2.56. The predicted octanol–water partition coefficient (Wildman–Crippen LogP) is 2.33. The number of nitrogens with one attached hydrogen (secondary N) is 1. The average molecular weight is 325 g/mol. The third-order valence-corrected chi connectivity index (χ3v) is 5.47. The number of hydrogen-bond acceptors (Lipinski definition) is 4. The first-order valence-corrected chi connectivity index (χ1v) is 8.69. The molecule has 1 amide bonds. The van der Waals surface area contributed by atoms with E-state index >= 15 is 0 Å². The van der Waals surface area contributed by atoms with Gasteiger partial charge < -0.3 is 14.7 Å². The maximum Gasteiger partial charge on any atom is 0.223 e. The molecule has 1 N–H and O–H groups in total. The van der Waals surface area contributed by atoms with Gasteiger partial charge in [0.1, 0.15) is 5.76 Å². The fourth-order valence-electron chi connectivity index (χ4n) is 4.24. The molecule has 0 saturated carbocycles. The lowest BCUT2D eigenvalue weighted by Crippen LogP contribution is -2.35. The first-order chi connectivity index (χ1) is 11.7. The van der Waals surface area contributed by atoms with Crippen molar-refractivity contribution in [1.29, 1.82) is 0 Å². The van der Waals surface area contributed by atoms with E-state index in [1.54, 1.807) is 6.20 Å². The number of fused-ring (bicyclic) bond motifs is 1. The lowest BCUT2D eigenvalue weighted by atomic mass is 9.87. The van der Waals surface area contributed by atoms with Crippen molar-refractivity contribution in [1.82, 2.24) is 15.4 Å². The van der Waals surface area contributed by atoms with Crippen LogP contribution in [-0.2, 0) is 11.2 Å². The van der Waals surface area contributed by atoms with Crippen molar-refractivity contribution in [3.05, 3.63) is 53.4 Å². The molecule has 1 aromatic heterocycles. The van der Waals surface area contributed by atoms with Gasteiger partial charge in [-0.2, -0.15) is 0 Å². The molecule has 0 radical (unpaired) electrons. The van der Waals surface area contributed by atoms with Crippen molar-refractivity contribution in [2.45, 2.75) is 25.8 Å². The maximum absolute atomic E-state index is 12.9. The van der Waals surface area contributed by atoms with E-state index in [1.165, 1.54) is 11.1 Å². The van der Waals surface area contributed by atoms with Crippen LogP contribution < -0.4 is 5.32 Å². The van der Waals surface area contributed by atoms with Gasteiger partial charge in [-0.25, -0.2) is 0 Å². The van der Waals surface area contributed by atoms with E-state index in [0.29, 0.717) is 24.7 Å². The van der Waals surface area contributed by atoms with E-state index < -0.39 is 0 Å². The molecular formula is C19H23N3O2. The van der Waals surface area contributed by atoms with Gasteiger partial charge in [-0.15, -0.1) is 0 Å². The molecule has 0 unspecified atom stereocenters. The first-order valence-electron chi connectivity index (χ1n) is 8.69. The maximum atomic E-state index is 12.9. The van der Waals surface area contributed by atoms with Gasteiger partial charge in [0.25, 0.3) is 0 Å². The van der Waals surface area contributed by atoms with Crippen LogP contribution in [0.2, 0.25) is 0 Å². The summed E-state index contributed by atoms with van der Waals surface area (Å²) in [6.45, 7) is 5.00. The fourth-order valence-corrected chi connectivity index (χ4v) is 4.24. The Morgan fingerprint density at radius 1 is 1.33 bits per heavy atom. The molecule has 2 aromatic rings. The highest BCUT2D eigenvalue weighted by Gasteiger charge is 2.46. The van der Waals surface area contributed by atoms with Crippen LogP contribution in [0.1, 0.15) is 29.3 Å². The second kappa shape index (κ2) is 6.40. The molecule has 0 spiro atoms. The molecular weight excluding hydrogens is 302 g/mol. The Balaban J connectivity index is 1.56. The van der Waals surface area contributed by atoms with Gasteiger partial charge in [0.05, 0.1) is 12.2 Å². The zero-order chi connectivity index (χ0) is 16.5. The number of carbonyl (C=O) groups is 1. The number of rotatable bonds is 4. The van der Waals surface area contributed by atoms with Gasteiger partial charge in [-0.05, 0) is 24.0 Å². The first kappa shape index (κ1) is 15.4. The SMILES string of the molecule is Cc1ccccc1[C@@H]1[C@H]2CNC[C@H]2CN1C(=O)CCc1ccno1. The third kappa shape index (κ3) is 2.73. The number of carbonyl (C=O) groups excluding carboxylic acids is 1. The zero-order valence-electron chi connectivity index (χ0n) is 13.9. The average Bonchev–Trinajstić information content (AvgIpc) is 3.30. The predicted molar refractivity (Wildman–Crippen MR) is 90.3 cm³/mol. The highest BCUT2D eigenvalue weighted by Crippen LogP contribution is 2.43. The van der Waals surface area contributed by atoms with E-state index in [4.69, 9.17) is 4.52 Å². The molecule has 0 aliphatic carbocycles. The molecule has 2 fully saturated rings. The third-order valence-electron chi connectivity index (χ3n) is 5.47. The number of amides is 1. The highest BCUT2D eigenvalue weighted by molar-refractivity contribution is 5.77. The fraction of sp³-hybridized carbons (Fsp3) is 0.474. The van der Waals surface area contributed by atoms with Crippen molar-refractivity contribution in [2.75, 3.05) is 19.6 Å². The lowest BCUT2D eigenvalue weighted by molar-refractivity contribution is -0.132. The second-order valence-corrected chi connectivity index (χ2v) is 6.91. The summed E-state index contributed by atoms with van der Waals surface area (Å²) in [5.74, 6) is 2.06. The van der Waals surface area contributed by atoms with Crippen molar-refractivity contribution in [3.8, 4) is 0 Å². The van der Waals surface area contributed by atoms with Crippen LogP contribution in [0, 0.1) is 18.8 Å². The van der Waals surface area contributed by atoms with Gasteiger partial charge in [0.15, 0.2) is 0 Å². The van der Waals surface area contributed by atoms with E-state index in [-0.39, 0.29) is 11.9 Å². The molecule has 126 valence electrons. The summed E-state index contributed by atoms with van der Waals surface area (Å²) in [4.78, 5) is 15.0. The minimum atomic E-state index is 0.188. The molecule has 2 aliphatic rings. The molecule has 5 nitrogen and oxygen atoms in total. The van der Waals surface area contributed by atoms with Gasteiger partial charge in [-0.3, -0.25) is 4.79 Å². The Kier molecular flexibility index (Phi) is 4.10. The van der Waals surface area contributed by atoms with E-state index in [9.17, 15) is 4.79 Å². The topological polar surface area (TPSA) is 58.4 Å². The smallest absolute Gasteiger partial charge is 0.223 e.